The molecule has 2 atom stereocenters. The Bertz CT molecular complexity index is 427. The van der Waals surface area contributed by atoms with Crippen LogP contribution < -0.4 is 10.6 Å². The molecule has 0 bridgehead atoms. The Balaban J connectivity index is 0.00000162. The van der Waals surface area contributed by atoms with Crippen LogP contribution in [-0.2, 0) is 0 Å². The maximum Gasteiger partial charge on any atom is 0.253 e. The van der Waals surface area contributed by atoms with Crippen LogP contribution >= 0.6 is 39.7 Å². The molecule has 18 heavy (non-hydrogen) atoms. The number of halogens is 2. The molecule has 1 aromatic rings. The molecule has 1 amide bonds. The highest BCUT2D eigenvalue weighted by Gasteiger charge is 2.25. The normalized spacial score (nSPS) is 22.6. The number of aliphatic hydroxyl groups is 1. The topological polar surface area (TPSA) is 61.4 Å². The van der Waals surface area contributed by atoms with Crippen molar-refractivity contribution in [3.8, 4) is 0 Å². The zero-order valence-electron chi connectivity index (χ0n) is 9.90. The number of aryl methyl sites for hydroxylation is 1. The summed E-state index contributed by atoms with van der Waals surface area (Å²) in [6.45, 7) is 3.85. The second kappa shape index (κ2) is 6.86. The van der Waals surface area contributed by atoms with Crippen molar-refractivity contribution in [1.82, 2.24) is 10.6 Å². The molecule has 1 aliphatic heterocycles. The summed E-state index contributed by atoms with van der Waals surface area (Å²) in [6.07, 6.45) is -0.358. The maximum absolute atomic E-state index is 11.9. The van der Waals surface area contributed by atoms with E-state index in [-0.39, 0.29) is 30.3 Å². The Morgan fingerprint density at radius 2 is 2.39 bits per heavy atom. The van der Waals surface area contributed by atoms with E-state index in [1.165, 1.54) is 0 Å². The number of nitrogens with one attached hydrogen (secondary N) is 2. The largest absolute Gasteiger partial charge is 0.391 e. The smallest absolute Gasteiger partial charge is 0.253 e. The highest BCUT2D eigenvalue weighted by atomic mass is 79.9. The fourth-order valence-electron chi connectivity index (χ4n) is 1.89. The van der Waals surface area contributed by atoms with Gasteiger partial charge in [-0.15, -0.1) is 23.7 Å². The van der Waals surface area contributed by atoms with Crippen LogP contribution in [0.4, 0.5) is 0 Å². The van der Waals surface area contributed by atoms with Crippen LogP contribution in [0.25, 0.3) is 0 Å². The first-order valence-corrected chi connectivity index (χ1v) is 7.12. The van der Waals surface area contributed by atoms with Gasteiger partial charge in [-0.3, -0.25) is 4.79 Å². The number of carbonyl (C=O) groups is 1. The van der Waals surface area contributed by atoms with Crippen molar-refractivity contribution in [3.63, 3.8) is 0 Å². The third-order valence-electron chi connectivity index (χ3n) is 2.88. The van der Waals surface area contributed by atoms with Crippen molar-refractivity contribution >= 4 is 45.6 Å². The number of β-amino-alcohol motifs (C(OH)–C–C–N with tert-alkyl or cyclic N) is 1. The van der Waals surface area contributed by atoms with Gasteiger partial charge >= 0.3 is 0 Å². The summed E-state index contributed by atoms with van der Waals surface area (Å²) in [7, 11) is 0. The number of hydrogen-bond acceptors (Lipinski definition) is 4. The molecule has 0 saturated carbocycles. The zero-order valence-corrected chi connectivity index (χ0v) is 13.1. The lowest BCUT2D eigenvalue weighted by Gasteiger charge is -2.13. The highest BCUT2D eigenvalue weighted by molar-refractivity contribution is 9.11. The fraction of sp³-hybridized carbons (Fsp3) is 0.545. The summed E-state index contributed by atoms with van der Waals surface area (Å²) < 4.78 is 0.859. The van der Waals surface area contributed by atoms with E-state index in [1.54, 1.807) is 11.3 Å². The van der Waals surface area contributed by atoms with E-state index in [0.29, 0.717) is 18.7 Å². The second-order valence-electron chi connectivity index (χ2n) is 4.24. The van der Waals surface area contributed by atoms with Gasteiger partial charge in [0.2, 0.25) is 0 Å². The van der Waals surface area contributed by atoms with Crippen LogP contribution in [0, 0.1) is 12.8 Å². The van der Waals surface area contributed by atoms with Gasteiger partial charge in [-0.25, -0.2) is 0 Å². The number of aliphatic hydroxyl groups excluding tert-OH is 1. The number of carbonyl (C=O) groups excluding carboxylic acids is 1. The monoisotopic (exact) mass is 354 g/mol. The Hall–Kier alpha value is -0.140. The molecule has 0 radical (unpaired) electrons. The van der Waals surface area contributed by atoms with Crippen molar-refractivity contribution < 1.29 is 9.90 Å². The lowest BCUT2D eigenvalue weighted by atomic mass is 10.1. The number of hydrogen-bond donors (Lipinski definition) is 3. The van der Waals surface area contributed by atoms with Crippen molar-refractivity contribution in [3.05, 3.63) is 20.3 Å². The predicted molar refractivity (Wildman–Crippen MR) is 78.7 cm³/mol. The van der Waals surface area contributed by atoms with Crippen LogP contribution in [0.15, 0.2) is 9.85 Å². The molecule has 0 aromatic carbocycles. The molecule has 2 heterocycles. The lowest BCUT2D eigenvalue weighted by Crippen LogP contribution is -2.34. The second-order valence-corrected chi connectivity index (χ2v) is 6.81. The van der Waals surface area contributed by atoms with Gasteiger partial charge in [0.25, 0.3) is 5.91 Å². The van der Waals surface area contributed by atoms with E-state index in [4.69, 9.17) is 0 Å². The van der Waals surface area contributed by atoms with E-state index in [1.807, 2.05) is 13.0 Å². The van der Waals surface area contributed by atoms with Crippen LogP contribution in [0.3, 0.4) is 0 Å². The summed E-state index contributed by atoms with van der Waals surface area (Å²) in [6, 6.07) is 1.87. The number of amides is 1. The number of thiophene rings is 1. The van der Waals surface area contributed by atoms with Gasteiger partial charge < -0.3 is 15.7 Å². The van der Waals surface area contributed by atoms with Gasteiger partial charge in [-0.05, 0) is 28.9 Å². The van der Waals surface area contributed by atoms with E-state index >= 15 is 0 Å². The summed E-state index contributed by atoms with van der Waals surface area (Å²) in [5, 5.41) is 15.6. The summed E-state index contributed by atoms with van der Waals surface area (Å²) in [4.78, 5) is 13.0. The third-order valence-corrected chi connectivity index (χ3v) is 4.64. The Morgan fingerprint density at radius 1 is 1.67 bits per heavy atom. The molecule has 3 N–H and O–H groups in total. The molecule has 0 aliphatic carbocycles. The number of rotatable bonds is 3. The average molecular weight is 356 g/mol. The standard InChI is InChI=1S/C11H15BrN2O2S.ClH/c1-6-2-8(10(12)17-6)11(16)14-4-7-3-13-5-9(7)15;/h2,7,9,13,15H,3-5H2,1H3,(H,14,16);1H. The molecule has 1 fully saturated rings. The SMILES string of the molecule is Cc1cc(C(=O)NCC2CNCC2O)c(Br)s1.Cl. The zero-order chi connectivity index (χ0) is 12.4. The van der Waals surface area contributed by atoms with Crippen molar-refractivity contribution in [2.75, 3.05) is 19.6 Å². The van der Waals surface area contributed by atoms with Crippen LogP contribution in [0.2, 0.25) is 0 Å². The van der Waals surface area contributed by atoms with Crippen LogP contribution in [0.5, 0.6) is 0 Å². The quantitative estimate of drug-likeness (QED) is 0.771. The van der Waals surface area contributed by atoms with Crippen molar-refractivity contribution in [2.24, 2.45) is 5.92 Å². The van der Waals surface area contributed by atoms with Crippen LogP contribution in [0.1, 0.15) is 15.2 Å². The minimum Gasteiger partial charge on any atom is -0.391 e. The third kappa shape index (κ3) is 3.68. The minimum absolute atomic E-state index is 0. The predicted octanol–water partition coefficient (Wildman–Crippen LogP) is 1.55. The molecule has 2 rings (SSSR count). The van der Waals surface area contributed by atoms with Crippen molar-refractivity contribution in [1.29, 1.82) is 0 Å². The van der Waals surface area contributed by atoms with E-state index in [0.717, 1.165) is 15.2 Å². The van der Waals surface area contributed by atoms with Gasteiger partial charge in [0.15, 0.2) is 0 Å². The maximum atomic E-state index is 11.9. The summed E-state index contributed by atoms with van der Waals surface area (Å²) in [5.74, 6) is 0.0257. The van der Waals surface area contributed by atoms with Gasteiger partial charge in [-0.2, -0.15) is 0 Å². The van der Waals surface area contributed by atoms with Gasteiger partial charge in [0, 0.05) is 30.4 Å². The van der Waals surface area contributed by atoms with E-state index in [2.05, 4.69) is 26.6 Å². The van der Waals surface area contributed by atoms with E-state index in [9.17, 15) is 9.90 Å². The lowest BCUT2D eigenvalue weighted by molar-refractivity contribution is 0.0927. The molecular weight excluding hydrogens is 340 g/mol. The summed E-state index contributed by atoms with van der Waals surface area (Å²) in [5.41, 5.74) is 0.674. The van der Waals surface area contributed by atoms with Gasteiger partial charge in [0.05, 0.1) is 15.5 Å². The Morgan fingerprint density at radius 3 is 2.89 bits per heavy atom. The molecule has 4 nitrogen and oxygen atoms in total. The Kier molecular flexibility index (Phi) is 6.07. The fourth-order valence-corrected chi connectivity index (χ4v) is 3.67. The molecule has 0 spiro atoms. The molecule has 1 saturated heterocycles. The van der Waals surface area contributed by atoms with Gasteiger partial charge in [0.1, 0.15) is 0 Å². The molecule has 7 heteroatoms. The molecular formula is C11H16BrClN2O2S. The molecule has 102 valence electrons. The first-order chi connectivity index (χ1) is 8.08. The molecule has 2 unspecified atom stereocenters. The first-order valence-electron chi connectivity index (χ1n) is 5.51. The molecule has 1 aromatic heterocycles. The average Bonchev–Trinajstić information content (AvgIpc) is 2.81. The highest BCUT2D eigenvalue weighted by Crippen LogP contribution is 2.27. The first kappa shape index (κ1) is 15.9. The summed E-state index contributed by atoms with van der Waals surface area (Å²) >= 11 is 4.93. The van der Waals surface area contributed by atoms with E-state index < -0.39 is 0 Å². The molecule has 1 aliphatic rings. The minimum atomic E-state index is -0.358. The Labute approximate surface area is 125 Å². The van der Waals surface area contributed by atoms with Crippen LogP contribution in [-0.4, -0.2) is 36.8 Å². The van der Waals surface area contributed by atoms with Gasteiger partial charge in [-0.1, -0.05) is 0 Å². The van der Waals surface area contributed by atoms with Crippen molar-refractivity contribution in [2.45, 2.75) is 13.0 Å².